The standard InChI is InChI=1S/C50H88O7/c1-8-9-10-11-12-13-14-15-16-17-18-19-20-21-44(51)55-33-43-45(52)46(53)47(54)48(57-43)56-38-28-30-49(6)37(32-38)24-25-39-41-27-26-40(50(41,7)31-29-42(39)49)36(5)23-22-35(4)34(2)3/h24,34-36,38-43,45-48,52-54H,8-23,25-33H2,1-7H3/t35-,36?,38+,39?,40-,41?,42?,43-,45-,46+,47-,48-,49+,50-/m1/s1. The zero-order chi connectivity index (χ0) is 41.2. The highest BCUT2D eigenvalue weighted by Gasteiger charge is 2.59. The monoisotopic (exact) mass is 801 g/mol. The Balaban J connectivity index is 1.04. The summed E-state index contributed by atoms with van der Waals surface area (Å²) in [6, 6.07) is 0. The third kappa shape index (κ3) is 11.9. The number of ether oxygens (including phenoxy) is 3. The predicted molar refractivity (Wildman–Crippen MR) is 230 cm³/mol. The zero-order valence-corrected chi connectivity index (χ0v) is 37.7. The maximum Gasteiger partial charge on any atom is 0.305 e. The van der Waals surface area contributed by atoms with Gasteiger partial charge in [-0.25, -0.2) is 0 Å². The van der Waals surface area contributed by atoms with Crippen molar-refractivity contribution in [3.63, 3.8) is 0 Å². The molecule has 4 aliphatic carbocycles. The lowest BCUT2D eigenvalue weighted by molar-refractivity contribution is -0.313. The van der Waals surface area contributed by atoms with E-state index in [1.54, 1.807) is 0 Å². The molecule has 57 heavy (non-hydrogen) atoms. The van der Waals surface area contributed by atoms with Gasteiger partial charge in [-0.2, -0.15) is 0 Å². The highest BCUT2D eigenvalue weighted by molar-refractivity contribution is 5.69. The lowest BCUT2D eigenvalue weighted by Crippen LogP contribution is -2.60. The SMILES string of the molecule is CCCCCCCCCCCCCCCC(=O)OC[C@H]1O[C@@H](O[C@H]2CC[C@@]3(C)C(=CCC4C3CC[C@@]3(C)C4CC[C@@H]3C(C)CC[C@@H](C)C(C)C)C2)[C@H](O)[C@@H](O)[C@@H]1O. The molecule has 0 amide bonds. The van der Waals surface area contributed by atoms with Crippen molar-refractivity contribution in [1.29, 1.82) is 0 Å². The van der Waals surface area contributed by atoms with E-state index in [2.05, 4.69) is 54.5 Å². The third-order valence-corrected chi connectivity index (χ3v) is 16.9. The molecule has 0 radical (unpaired) electrons. The summed E-state index contributed by atoms with van der Waals surface area (Å²) >= 11 is 0. The maximum atomic E-state index is 12.6. The number of aliphatic hydroxyl groups is 3. The maximum absolute atomic E-state index is 12.6. The van der Waals surface area contributed by atoms with Crippen LogP contribution in [0.2, 0.25) is 0 Å². The highest BCUT2D eigenvalue weighted by Crippen LogP contribution is 2.67. The van der Waals surface area contributed by atoms with Crippen LogP contribution in [0, 0.1) is 52.3 Å². The molecule has 1 heterocycles. The van der Waals surface area contributed by atoms with E-state index in [-0.39, 0.29) is 24.1 Å². The molecular weight excluding hydrogens is 713 g/mol. The number of unbranched alkanes of at least 4 members (excludes halogenated alkanes) is 12. The first-order valence-corrected chi connectivity index (χ1v) is 24.5. The molecule has 0 spiro atoms. The molecule has 14 atom stereocenters. The van der Waals surface area contributed by atoms with E-state index in [1.165, 1.54) is 108 Å². The van der Waals surface area contributed by atoms with Crippen LogP contribution in [0.3, 0.4) is 0 Å². The Morgan fingerprint density at radius 3 is 2.09 bits per heavy atom. The summed E-state index contributed by atoms with van der Waals surface area (Å²) in [5, 5.41) is 32.5. The second-order valence-corrected chi connectivity index (χ2v) is 21.0. The van der Waals surface area contributed by atoms with Crippen LogP contribution in [-0.4, -0.2) is 64.7 Å². The van der Waals surface area contributed by atoms with E-state index in [4.69, 9.17) is 14.2 Å². The van der Waals surface area contributed by atoms with Gasteiger partial charge < -0.3 is 29.5 Å². The number of aliphatic hydroxyl groups excluding tert-OH is 3. The molecular formula is C50H88O7. The van der Waals surface area contributed by atoms with Gasteiger partial charge in [-0.1, -0.05) is 150 Å². The van der Waals surface area contributed by atoms with Crippen molar-refractivity contribution in [1.82, 2.24) is 0 Å². The van der Waals surface area contributed by atoms with Crippen LogP contribution in [0.4, 0.5) is 0 Å². The molecule has 1 aliphatic heterocycles. The van der Waals surface area contributed by atoms with E-state index in [9.17, 15) is 20.1 Å². The second-order valence-electron chi connectivity index (χ2n) is 21.0. The fraction of sp³-hybridized carbons (Fsp3) is 0.940. The summed E-state index contributed by atoms with van der Waals surface area (Å²) in [4.78, 5) is 12.6. The molecule has 0 bridgehead atoms. The summed E-state index contributed by atoms with van der Waals surface area (Å²) in [6.07, 6.45) is 24.8. The molecule has 4 fully saturated rings. The Morgan fingerprint density at radius 2 is 1.44 bits per heavy atom. The van der Waals surface area contributed by atoms with Crippen LogP contribution in [0.5, 0.6) is 0 Å². The molecule has 0 aromatic heterocycles. The smallest absolute Gasteiger partial charge is 0.305 e. The lowest BCUT2D eigenvalue weighted by Gasteiger charge is -2.58. The minimum absolute atomic E-state index is 0.138. The fourth-order valence-corrected chi connectivity index (χ4v) is 12.7. The Morgan fingerprint density at radius 1 is 0.789 bits per heavy atom. The summed E-state index contributed by atoms with van der Waals surface area (Å²) in [5.74, 6) is 5.17. The van der Waals surface area contributed by atoms with Gasteiger partial charge in [-0.3, -0.25) is 4.79 Å². The van der Waals surface area contributed by atoms with Gasteiger partial charge in [0.2, 0.25) is 0 Å². The van der Waals surface area contributed by atoms with E-state index < -0.39 is 30.7 Å². The van der Waals surface area contributed by atoms with Gasteiger partial charge in [0, 0.05) is 6.42 Å². The summed E-state index contributed by atoms with van der Waals surface area (Å²) in [7, 11) is 0. The minimum atomic E-state index is -1.44. The number of esters is 1. The van der Waals surface area contributed by atoms with E-state index in [0.717, 1.165) is 80.5 Å². The first-order valence-electron chi connectivity index (χ1n) is 24.5. The number of rotatable bonds is 23. The quantitative estimate of drug-likeness (QED) is 0.0537. The first-order chi connectivity index (χ1) is 27.3. The average Bonchev–Trinajstić information content (AvgIpc) is 3.55. The van der Waals surface area contributed by atoms with Gasteiger partial charge in [0.15, 0.2) is 6.29 Å². The molecule has 0 aromatic rings. The Kier molecular flexibility index (Phi) is 18.3. The molecule has 330 valence electrons. The summed E-state index contributed by atoms with van der Waals surface area (Å²) in [5.41, 5.74) is 2.13. The number of hydrogen-bond donors (Lipinski definition) is 3. The van der Waals surface area contributed by atoms with Gasteiger partial charge >= 0.3 is 5.97 Å². The van der Waals surface area contributed by atoms with Crippen LogP contribution in [0.15, 0.2) is 11.6 Å². The summed E-state index contributed by atoms with van der Waals surface area (Å²) in [6.45, 7) is 17.0. The predicted octanol–water partition coefficient (Wildman–Crippen LogP) is 11.5. The van der Waals surface area contributed by atoms with Crippen molar-refractivity contribution in [2.75, 3.05) is 6.61 Å². The van der Waals surface area contributed by atoms with Crippen molar-refractivity contribution in [3.8, 4) is 0 Å². The van der Waals surface area contributed by atoms with Gasteiger partial charge in [0.05, 0.1) is 6.10 Å². The lowest BCUT2D eigenvalue weighted by atomic mass is 9.47. The number of carbonyl (C=O) groups excluding carboxylic acids is 1. The molecule has 4 unspecified atom stereocenters. The average molecular weight is 801 g/mol. The van der Waals surface area contributed by atoms with Crippen molar-refractivity contribution < 1.29 is 34.3 Å². The highest BCUT2D eigenvalue weighted by atomic mass is 16.7. The Bertz CT molecular complexity index is 1230. The second kappa shape index (κ2) is 22.2. The van der Waals surface area contributed by atoms with Crippen molar-refractivity contribution >= 4 is 5.97 Å². The number of hydrogen-bond acceptors (Lipinski definition) is 7. The molecule has 3 saturated carbocycles. The molecule has 1 saturated heterocycles. The largest absolute Gasteiger partial charge is 0.463 e. The van der Waals surface area contributed by atoms with E-state index in [1.807, 2.05) is 0 Å². The van der Waals surface area contributed by atoms with Crippen LogP contribution in [0.25, 0.3) is 0 Å². The molecule has 5 aliphatic rings. The number of carbonyl (C=O) groups is 1. The van der Waals surface area contributed by atoms with Crippen LogP contribution in [-0.2, 0) is 19.0 Å². The molecule has 3 N–H and O–H groups in total. The van der Waals surface area contributed by atoms with Gasteiger partial charge in [0.1, 0.15) is 31.0 Å². The Hall–Kier alpha value is -0.990. The van der Waals surface area contributed by atoms with Gasteiger partial charge in [-0.05, 0) is 110 Å². The normalized spacial score (nSPS) is 37.6. The Labute approximate surface area is 349 Å². The summed E-state index contributed by atoms with van der Waals surface area (Å²) < 4.78 is 18.0. The third-order valence-electron chi connectivity index (χ3n) is 16.9. The van der Waals surface area contributed by atoms with Gasteiger partial charge in [0.25, 0.3) is 0 Å². The molecule has 7 nitrogen and oxygen atoms in total. The molecule has 5 rings (SSSR count). The minimum Gasteiger partial charge on any atom is -0.463 e. The number of allylic oxidation sites excluding steroid dienone is 1. The van der Waals surface area contributed by atoms with Crippen molar-refractivity contribution in [3.05, 3.63) is 11.6 Å². The molecule has 7 heteroatoms. The van der Waals surface area contributed by atoms with Crippen LogP contribution >= 0.6 is 0 Å². The van der Waals surface area contributed by atoms with E-state index in [0.29, 0.717) is 17.8 Å². The number of fused-ring (bicyclic) bond motifs is 5. The first kappa shape index (κ1) is 47.1. The van der Waals surface area contributed by atoms with Crippen LogP contribution < -0.4 is 0 Å². The van der Waals surface area contributed by atoms with Crippen LogP contribution in [0.1, 0.15) is 203 Å². The van der Waals surface area contributed by atoms with Crippen molar-refractivity contribution in [2.45, 2.75) is 239 Å². The zero-order valence-electron chi connectivity index (χ0n) is 37.7. The van der Waals surface area contributed by atoms with E-state index >= 15 is 0 Å². The molecule has 0 aromatic carbocycles. The fourth-order valence-electron chi connectivity index (χ4n) is 12.7. The topological polar surface area (TPSA) is 105 Å². The van der Waals surface area contributed by atoms with Crippen molar-refractivity contribution in [2.24, 2.45) is 52.3 Å². The van der Waals surface area contributed by atoms with Gasteiger partial charge in [-0.15, -0.1) is 0 Å².